The van der Waals surface area contributed by atoms with E-state index >= 15 is 0 Å². The van der Waals surface area contributed by atoms with Crippen LogP contribution in [-0.2, 0) is 21.1 Å². The van der Waals surface area contributed by atoms with E-state index in [1.54, 1.807) is 0 Å². The van der Waals surface area contributed by atoms with E-state index in [4.69, 9.17) is 0 Å². The van der Waals surface area contributed by atoms with Gasteiger partial charge in [-0.25, -0.2) is 0 Å². The summed E-state index contributed by atoms with van der Waals surface area (Å²) in [7, 11) is 0. The van der Waals surface area contributed by atoms with E-state index in [9.17, 15) is 0 Å². The van der Waals surface area contributed by atoms with Gasteiger partial charge in [-0.1, -0.05) is 74.1 Å². The fourth-order valence-electron chi connectivity index (χ4n) is 10.8. The van der Waals surface area contributed by atoms with E-state index < -0.39 is 0 Å². The number of nitrogens with zero attached hydrogens (tertiary/aromatic N) is 6. The predicted octanol–water partition coefficient (Wildman–Crippen LogP) is 13.5. The Balaban J connectivity index is 0.00000397. The van der Waals surface area contributed by atoms with Crippen molar-refractivity contribution in [3.05, 3.63) is 147 Å². The van der Waals surface area contributed by atoms with Crippen LogP contribution in [0, 0.1) is 37.3 Å². The van der Waals surface area contributed by atoms with Crippen LogP contribution in [-0.4, -0.2) is 16.7 Å². The molecule has 7 aromatic rings. The number of benzene rings is 6. The molecule has 5 aliphatic rings. The van der Waals surface area contributed by atoms with Crippen molar-refractivity contribution in [3.63, 3.8) is 0 Å². The maximum Gasteiger partial charge on any atom is 4.00 e. The summed E-state index contributed by atoms with van der Waals surface area (Å²) in [5.41, 5.74) is 13.8. The quantitative estimate of drug-likeness (QED) is 0.160. The molecule has 6 nitrogen and oxygen atoms in total. The van der Waals surface area contributed by atoms with Crippen LogP contribution in [0.1, 0.15) is 65.2 Å². The van der Waals surface area contributed by atoms with Gasteiger partial charge in [-0.3, -0.25) is 0 Å². The van der Waals surface area contributed by atoms with Crippen LogP contribution < -0.4 is 24.5 Å². The fraction of sp³-hybridized carbons (Fsp3) is 0.269. The maximum absolute atomic E-state index is 4.05. The average Bonchev–Trinajstić information content (AvgIpc) is 3.96. The van der Waals surface area contributed by atoms with Gasteiger partial charge in [0.2, 0.25) is 0 Å². The topological polar surface area (TPSA) is 21.1 Å². The molecule has 0 spiro atoms. The zero-order valence-electron chi connectivity index (χ0n) is 33.7. The molecule has 2 fully saturated rings. The number of aromatic nitrogens is 1. The van der Waals surface area contributed by atoms with Gasteiger partial charge in [0.1, 0.15) is 0 Å². The molecule has 12 rings (SSSR count). The van der Waals surface area contributed by atoms with Crippen molar-refractivity contribution in [2.75, 3.05) is 24.5 Å². The van der Waals surface area contributed by atoms with Crippen molar-refractivity contribution < 1.29 is 21.1 Å². The summed E-state index contributed by atoms with van der Waals surface area (Å²) >= 11 is 0. The summed E-state index contributed by atoms with van der Waals surface area (Å²) in [5, 5.41) is 2.51. The normalized spacial score (nSPS) is 22.1. The predicted molar refractivity (Wildman–Crippen MR) is 240 cm³/mol. The number of para-hydroxylation sites is 6. The minimum atomic E-state index is 0. The van der Waals surface area contributed by atoms with Crippen molar-refractivity contribution in [3.8, 4) is 5.69 Å². The van der Waals surface area contributed by atoms with Crippen LogP contribution in [0.3, 0.4) is 0 Å². The molecular formula is C52H48N6Pt. The molecule has 6 aromatic carbocycles. The van der Waals surface area contributed by atoms with Gasteiger partial charge >= 0.3 is 21.1 Å². The fourth-order valence-corrected chi connectivity index (χ4v) is 10.8. The van der Waals surface area contributed by atoms with Crippen molar-refractivity contribution in [1.82, 2.24) is 4.57 Å². The van der Waals surface area contributed by atoms with E-state index in [-0.39, 0.29) is 21.1 Å². The van der Waals surface area contributed by atoms with Crippen molar-refractivity contribution in [1.29, 1.82) is 0 Å². The molecule has 0 amide bonds. The van der Waals surface area contributed by atoms with Crippen LogP contribution in [0.4, 0.5) is 51.2 Å². The first-order valence-corrected chi connectivity index (χ1v) is 21.5. The van der Waals surface area contributed by atoms with Crippen molar-refractivity contribution in [2.24, 2.45) is 11.8 Å². The molecular weight excluding hydrogens is 904 g/mol. The number of fused-ring (bicyclic) bond motifs is 7. The van der Waals surface area contributed by atoms with E-state index in [0.717, 1.165) is 46.0 Å². The number of hydrogen-bond donors (Lipinski definition) is 0. The molecule has 0 saturated heterocycles. The first kappa shape index (κ1) is 36.9. The molecule has 3 aliphatic heterocycles. The van der Waals surface area contributed by atoms with Crippen LogP contribution in [0.5, 0.6) is 0 Å². The Morgan fingerprint density at radius 2 is 0.966 bits per heavy atom. The maximum atomic E-state index is 4.05. The molecule has 59 heavy (non-hydrogen) atoms. The molecule has 0 unspecified atom stereocenters. The largest absolute Gasteiger partial charge is 4.00 e. The molecule has 2 aliphatic carbocycles. The first-order valence-electron chi connectivity index (χ1n) is 21.5. The van der Waals surface area contributed by atoms with Crippen LogP contribution >= 0.6 is 0 Å². The third kappa shape index (κ3) is 5.84. The summed E-state index contributed by atoms with van der Waals surface area (Å²) in [6.07, 6.45) is 10.0. The zero-order chi connectivity index (χ0) is 38.5. The minimum Gasteiger partial charge on any atom is -0.499 e. The van der Waals surface area contributed by atoms with Gasteiger partial charge in [0.25, 0.3) is 0 Å². The Bertz CT molecular complexity index is 2700. The van der Waals surface area contributed by atoms with Crippen molar-refractivity contribution in [2.45, 2.75) is 77.3 Å². The second kappa shape index (κ2) is 14.5. The average molecular weight is 952 g/mol. The summed E-state index contributed by atoms with van der Waals surface area (Å²) < 4.78 is 2.46. The van der Waals surface area contributed by atoms with Gasteiger partial charge < -0.3 is 29.1 Å². The second-order valence-electron chi connectivity index (χ2n) is 17.5. The molecule has 7 heteroatoms. The molecule has 4 heterocycles. The van der Waals surface area contributed by atoms with Gasteiger partial charge in [0.05, 0.1) is 11.2 Å². The van der Waals surface area contributed by atoms with E-state index in [1.165, 1.54) is 95.9 Å². The van der Waals surface area contributed by atoms with E-state index in [0.29, 0.717) is 12.1 Å². The Kier molecular flexibility index (Phi) is 9.07. The van der Waals surface area contributed by atoms with Gasteiger partial charge in [0, 0.05) is 51.1 Å². The number of rotatable bonds is 5. The van der Waals surface area contributed by atoms with Gasteiger partial charge in [-0.2, -0.15) is 19.4 Å². The van der Waals surface area contributed by atoms with Gasteiger partial charge in [-0.15, -0.1) is 47.8 Å². The Labute approximate surface area is 362 Å². The molecule has 0 atom stereocenters. The summed E-state index contributed by atoms with van der Waals surface area (Å²) in [6.45, 7) is 9.49. The zero-order valence-corrected chi connectivity index (χ0v) is 35.9. The molecule has 296 valence electrons. The van der Waals surface area contributed by atoms with Gasteiger partial charge in [0.15, 0.2) is 0 Å². The molecule has 0 N–H and O–H groups in total. The van der Waals surface area contributed by atoms with E-state index in [1.807, 2.05) is 0 Å². The molecule has 0 radical (unpaired) electrons. The summed E-state index contributed by atoms with van der Waals surface area (Å²) in [4.78, 5) is 12.2. The van der Waals surface area contributed by atoms with E-state index in [2.05, 4.69) is 190 Å². The third-order valence-corrected chi connectivity index (χ3v) is 13.9. The minimum absolute atomic E-state index is 0. The summed E-state index contributed by atoms with van der Waals surface area (Å²) in [5.74, 6) is 1.61. The first-order chi connectivity index (χ1) is 28.6. The Hall–Kier alpha value is -5.19. The second-order valence-corrected chi connectivity index (χ2v) is 17.5. The van der Waals surface area contributed by atoms with Crippen LogP contribution in [0.15, 0.2) is 121 Å². The third-order valence-electron chi connectivity index (χ3n) is 13.9. The van der Waals surface area contributed by atoms with Gasteiger partial charge in [-0.05, 0) is 111 Å². The Morgan fingerprint density at radius 1 is 0.458 bits per heavy atom. The van der Waals surface area contributed by atoms with Crippen molar-refractivity contribution >= 4 is 73.0 Å². The smallest absolute Gasteiger partial charge is 0.499 e. The Morgan fingerprint density at radius 3 is 1.61 bits per heavy atom. The standard InChI is InChI=1S/C52H48N6.Pt/c1-35-21-25-37(26-22-35)53-33-55(47-18-7-5-16-45(47)53)39-11-9-12-41(31-39)57-50-20-10-14-43-42-13-3-4-15-44(42)58(52(43)50)49-30-29-40(32-51(49)57)56-34-54(38-27-23-36(2)24-28-38)46-17-6-8-19-48(46)56;/h3-20,29-30,33-38H,21-28H2,1-2H3;/q-4;+4. The number of anilines is 9. The SMILES string of the molecule is CC1CCC(N2[CH-]N(c3[c-]c(N4c5[c-]c(N6[CH-]N(C7CCC(C)CC7)c7ccccc76)ccc5-n5c6ccccc6c6cccc4c65)ccc3)c3ccccc32)CC1.[Pt+4]. The monoisotopic (exact) mass is 951 g/mol. The van der Waals surface area contributed by atoms with Crippen LogP contribution in [0.2, 0.25) is 0 Å². The molecule has 1 aromatic heterocycles. The van der Waals surface area contributed by atoms with Crippen LogP contribution in [0.25, 0.3) is 27.5 Å². The number of hydrogen-bond acceptors (Lipinski definition) is 5. The molecule has 2 saturated carbocycles. The summed E-state index contributed by atoms with van der Waals surface area (Å²) in [6, 6.07) is 53.6. The molecule has 0 bridgehead atoms.